The van der Waals surface area contributed by atoms with Gasteiger partial charge in [0, 0.05) is 21.8 Å². The molecule has 2 amide bonds. The van der Waals surface area contributed by atoms with Crippen LogP contribution in [0.3, 0.4) is 0 Å². The molecule has 5 heteroatoms. The van der Waals surface area contributed by atoms with Gasteiger partial charge in [0.05, 0.1) is 0 Å². The third-order valence-electron chi connectivity index (χ3n) is 5.74. The molecule has 0 aliphatic carbocycles. The summed E-state index contributed by atoms with van der Waals surface area (Å²) >= 11 is 1.44. The van der Waals surface area contributed by atoms with Crippen LogP contribution in [0.25, 0.3) is 10.8 Å². The van der Waals surface area contributed by atoms with Crippen molar-refractivity contribution < 1.29 is 9.59 Å². The highest BCUT2D eigenvalue weighted by atomic mass is 32.2. The van der Waals surface area contributed by atoms with E-state index in [1.807, 2.05) is 127 Å². The molecule has 176 valence electrons. The molecule has 0 bridgehead atoms. The van der Waals surface area contributed by atoms with Crippen molar-refractivity contribution in [2.45, 2.75) is 10.1 Å². The second-order valence-electron chi connectivity index (χ2n) is 8.31. The van der Waals surface area contributed by atoms with Gasteiger partial charge in [0.25, 0.3) is 5.91 Å². The van der Waals surface area contributed by atoms with E-state index in [0.717, 1.165) is 26.9 Å². The van der Waals surface area contributed by atoms with Gasteiger partial charge in [0.1, 0.15) is 5.25 Å². The van der Waals surface area contributed by atoms with E-state index in [1.165, 1.54) is 11.8 Å². The predicted octanol–water partition coefficient (Wildman–Crippen LogP) is 7.56. The monoisotopic (exact) mass is 488 g/mol. The number of benzene rings is 5. The zero-order valence-electron chi connectivity index (χ0n) is 19.4. The molecule has 5 aromatic carbocycles. The Hall–Kier alpha value is -4.35. The van der Waals surface area contributed by atoms with Gasteiger partial charge in [-0.2, -0.15) is 0 Å². The number of nitrogens with one attached hydrogen (secondary N) is 2. The molecule has 0 aromatic heterocycles. The number of anilines is 2. The number of hydrogen-bond acceptors (Lipinski definition) is 3. The van der Waals surface area contributed by atoms with Crippen molar-refractivity contribution in [1.29, 1.82) is 0 Å². The molecule has 0 saturated carbocycles. The van der Waals surface area contributed by atoms with Crippen molar-refractivity contribution in [2.24, 2.45) is 0 Å². The standard InChI is InChI=1S/C31H24N2O2S/c34-30(25-19-18-22-10-7-8-13-24(22)20-25)33-27-16-9-17-28(21-27)36-29(23-11-3-1-4-12-23)31(35)32-26-14-5-2-6-15-26/h1-21,29H,(H,32,35)(H,33,34). The van der Waals surface area contributed by atoms with Crippen LogP contribution in [0.5, 0.6) is 0 Å². The van der Waals surface area contributed by atoms with Crippen molar-refractivity contribution in [3.8, 4) is 0 Å². The van der Waals surface area contributed by atoms with Crippen LogP contribution in [0, 0.1) is 0 Å². The normalized spacial score (nSPS) is 11.6. The minimum absolute atomic E-state index is 0.108. The molecule has 1 unspecified atom stereocenters. The smallest absolute Gasteiger partial charge is 0.255 e. The number of carbonyl (C=O) groups excluding carboxylic acids is 2. The Bertz CT molecular complexity index is 1500. The average molecular weight is 489 g/mol. The van der Waals surface area contributed by atoms with Crippen molar-refractivity contribution in [3.05, 3.63) is 139 Å². The summed E-state index contributed by atoms with van der Waals surface area (Å²) < 4.78 is 0. The fraction of sp³-hybridized carbons (Fsp3) is 0.0323. The maximum Gasteiger partial charge on any atom is 0.255 e. The van der Waals surface area contributed by atoms with Crippen molar-refractivity contribution in [2.75, 3.05) is 10.6 Å². The molecular weight excluding hydrogens is 464 g/mol. The summed E-state index contributed by atoms with van der Waals surface area (Å²) in [6, 6.07) is 40.3. The first-order valence-corrected chi connectivity index (χ1v) is 12.5. The van der Waals surface area contributed by atoms with Gasteiger partial charge in [-0.1, -0.05) is 84.9 Å². The van der Waals surface area contributed by atoms with E-state index in [2.05, 4.69) is 10.6 Å². The molecule has 2 N–H and O–H groups in total. The third-order valence-corrected chi connectivity index (χ3v) is 6.99. The van der Waals surface area contributed by atoms with Crippen LogP contribution in [0.4, 0.5) is 11.4 Å². The van der Waals surface area contributed by atoms with E-state index < -0.39 is 5.25 Å². The number of thioether (sulfide) groups is 1. The summed E-state index contributed by atoms with van der Waals surface area (Å²) in [6.45, 7) is 0. The molecule has 5 rings (SSSR count). The number of amides is 2. The molecular formula is C31H24N2O2S. The molecule has 0 fully saturated rings. The lowest BCUT2D eigenvalue weighted by atomic mass is 10.1. The Morgan fingerprint density at radius 2 is 1.25 bits per heavy atom. The molecule has 0 heterocycles. The van der Waals surface area contributed by atoms with E-state index in [9.17, 15) is 9.59 Å². The lowest BCUT2D eigenvalue weighted by molar-refractivity contribution is -0.115. The third kappa shape index (κ3) is 5.65. The average Bonchev–Trinajstić information content (AvgIpc) is 2.92. The Morgan fingerprint density at radius 3 is 2.03 bits per heavy atom. The molecule has 0 radical (unpaired) electrons. The molecule has 0 spiro atoms. The van der Waals surface area contributed by atoms with Crippen LogP contribution >= 0.6 is 11.8 Å². The van der Waals surface area contributed by atoms with Crippen LogP contribution in [0.1, 0.15) is 21.2 Å². The molecule has 0 saturated heterocycles. The Kier molecular flexibility index (Phi) is 7.10. The fourth-order valence-electron chi connectivity index (χ4n) is 3.95. The number of rotatable bonds is 7. The summed E-state index contributed by atoms with van der Waals surface area (Å²) in [5, 5.41) is 7.66. The minimum atomic E-state index is -0.460. The number of fused-ring (bicyclic) bond motifs is 1. The predicted molar refractivity (Wildman–Crippen MR) is 148 cm³/mol. The van der Waals surface area contributed by atoms with E-state index in [4.69, 9.17) is 0 Å². The molecule has 5 aromatic rings. The van der Waals surface area contributed by atoms with Crippen LogP contribution in [-0.2, 0) is 4.79 Å². The fourth-order valence-corrected chi connectivity index (χ4v) is 5.03. The molecule has 4 nitrogen and oxygen atoms in total. The van der Waals surface area contributed by atoms with Gasteiger partial charge in [0.2, 0.25) is 5.91 Å². The van der Waals surface area contributed by atoms with Gasteiger partial charge in [-0.25, -0.2) is 0 Å². The molecule has 0 aliphatic heterocycles. The highest BCUT2D eigenvalue weighted by Gasteiger charge is 2.22. The Labute approximate surface area is 214 Å². The van der Waals surface area contributed by atoms with E-state index in [0.29, 0.717) is 11.3 Å². The Balaban J connectivity index is 1.35. The zero-order chi connectivity index (χ0) is 24.7. The largest absolute Gasteiger partial charge is 0.325 e. The number of hydrogen-bond donors (Lipinski definition) is 2. The highest BCUT2D eigenvalue weighted by Crippen LogP contribution is 2.37. The summed E-state index contributed by atoms with van der Waals surface area (Å²) in [5.41, 5.74) is 2.92. The summed E-state index contributed by atoms with van der Waals surface area (Å²) in [7, 11) is 0. The van der Waals surface area contributed by atoms with E-state index in [-0.39, 0.29) is 11.8 Å². The maximum absolute atomic E-state index is 13.3. The Morgan fingerprint density at radius 1 is 0.583 bits per heavy atom. The zero-order valence-corrected chi connectivity index (χ0v) is 20.2. The van der Waals surface area contributed by atoms with Gasteiger partial charge in [-0.05, 0) is 58.8 Å². The second-order valence-corrected chi connectivity index (χ2v) is 9.49. The van der Waals surface area contributed by atoms with Gasteiger partial charge < -0.3 is 10.6 Å². The lowest BCUT2D eigenvalue weighted by Crippen LogP contribution is -2.19. The summed E-state index contributed by atoms with van der Waals surface area (Å²) in [5.74, 6) is -0.285. The van der Waals surface area contributed by atoms with E-state index >= 15 is 0 Å². The van der Waals surface area contributed by atoms with Crippen molar-refractivity contribution in [1.82, 2.24) is 0 Å². The molecule has 1 atom stereocenters. The van der Waals surface area contributed by atoms with Crippen LogP contribution in [0.2, 0.25) is 0 Å². The van der Waals surface area contributed by atoms with E-state index in [1.54, 1.807) is 0 Å². The molecule has 36 heavy (non-hydrogen) atoms. The van der Waals surface area contributed by atoms with Crippen LogP contribution < -0.4 is 10.6 Å². The summed E-state index contributed by atoms with van der Waals surface area (Å²) in [6.07, 6.45) is 0. The van der Waals surface area contributed by atoms with Crippen LogP contribution in [-0.4, -0.2) is 11.8 Å². The SMILES string of the molecule is O=C(Nc1cccc(SC(C(=O)Nc2ccccc2)c2ccccc2)c1)c1ccc2ccccc2c1. The first kappa shape index (κ1) is 23.4. The van der Waals surface area contributed by atoms with Crippen molar-refractivity contribution >= 4 is 45.7 Å². The van der Waals surface area contributed by atoms with Crippen molar-refractivity contribution in [3.63, 3.8) is 0 Å². The highest BCUT2D eigenvalue weighted by molar-refractivity contribution is 8.00. The summed E-state index contributed by atoms with van der Waals surface area (Å²) in [4.78, 5) is 27.1. The molecule has 0 aliphatic rings. The second kappa shape index (κ2) is 10.9. The number of para-hydroxylation sites is 1. The quantitative estimate of drug-likeness (QED) is 0.232. The van der Waals surface area contributed by atoms with Gasteiger partial charge in [-0.3, -0.25) is 9.59 Å². The van der Waals surface area contributed by atoms with Crippen LogP contribution in [0.15, 0.2) is 132 Å². The minimum Gasteiger partial charge on any atom is -0.325 e. The maximum atomic E-state index is 13.3. The number of carbonyl (C=O) groups is 2. The first-order chi connectivity index (χ1) is 17.7. The first-order valence-electron chi connectivity index (χ1n) is 11.6. The van der Waals surface area contributed by atoms with Gasteiger partial charge in [0.15, 0.2) is 0 Å². The van der Waals surface area contributed by atoms with Gasteiger partial charge >= 0.3 is 0 Å². The topological polar surface area (TPSA) is 58.2 Å². The lowest BCUT2D eigenvalue weighted by Gasteiger charge is -2.18. The van der Waals surface area contributed by atoms with Gasteiger partial charge in [-0.15, -0.1) is 11.8 Å².